The van der Waals surface area contributed by atoms with Gasteiger partial charge in [0.15, 0.2) is 23.0 Å². The summed E-state index contributed by atoms with van der Waals surface area (Å²) < 4.78 is 9.96. The van der Waals surface area contributed by atoms with Crippen LogP contribution in [-0.2, 0) is 22.4 Å². The fourth-order valence-corrected chi connectivity index (χ4v) is 4.95. The first-order valence-electron chi connectivity index (χ1n) is 11.3. The zero-order chi connectivity index (χ0) is 27.9. The lowest BCUT2D eigenvalue weighted by atomic mass is 10.1. The van der Waals surface area contributed by atoms with Gasteiger partial charge in [-0.05, 0) is 35.4 Å². The molecule has 0 aromatic heterocycles. The van der Waals surface area contributed by atoms with Crippen molar-refractivity contribution in [3.8, 4) is 23.0 Å². The number of phenolic OH excluding ortho intramolecular Hbond substituents is 2. The van der Waals surface area contributed by atoms with E-state index in [1.165, 1.54) is 47.9 Å². The van der Waals surface area contributed by atoms with Crippen molar-refractivity contribution >= 4 is 44.8 Å². The third-order valence-corrected chi connectivity index (χ3v) is 7.43. The molecule has 0 bridgehead atoms. The molecule has 2 aromatic rings. The van der Waals surface area contributed by atoms with Crippen molar-refractivity contribution in [1.29, 1.82) is 0 Å². The largest absolute Gasteiger partial charge is 0.504 e. The van der Waals surface area contributed by atoms with E-state index in [-0.39, 0.29) is 35.8 Å². The monoisotopic (exact) mass is 566 g/mol. The fraction of sp³-hybridized carbons (Fsp3) is 0.333. The van der Waals surface area contributed by atoms with Gasteiger partial charge in [0.1, 0.15) is 11.4 Å². The van der Waals surface area contributed by atoms with Crippen molar-refractivity contribution in [2.45, 2.75) is 12.8 Å². The van der Waals surface area contributed by atoms with Gasteiger partial charge in [-0.2, -0.15) is 0 Å². The van der Waals surface area contributed by atoms with Crippen LogP contribution in [0.15, 0.2) is 46.7 Å². The Balaban J connectivity index is 1.63. The first-order chi connectivity index (χ1) is 18.3. The van der Waals surface area contributed by atoms with Gasteiger partial charge in [0, 0.05) is 37.4 Å². The average Bonchev–Trinajstić information content (AvgIpc) is 2.91. The number of hydrogen-bond donors (Lipinski definition) is 6. The molecule has 0 radical (unpaired) electrons. The smallest absolute Gasteiger partial charge is 0.269 e. The first-order valence-corrected chi connectivity index (χ1v) is 13.8. The lowest BCUT2D eigenvalue weighted by Gasteiger charge is -2.09. The topological polar surface area (TPSA) is 182 Å². The third kappa shape index (κ3) is 9.59. The number of rotatable bonds is 15. The van der Waals surface area contributed by atoms with Crippen molar-refractivity contribution in [2.75, 3.05) is 38.8 Å². The number of phenols is 2. The predicted octanol–water partition coefficient (Wildman–Crippen LogP) is 2.17. The zero-order valence-corrected chi connectivity index (χ0v) is 22.5. The molecule has 38 heavy (non-hydrogen) atoms. The molecule has 206 valence electrons. The van der Waals surface area contributed by atoms with Crippen LogP contribution >= 0.6 is 21.6 Å². The summed E-state index contributed by atoms with van der Waals surface area (Å²) in [6.45, 7) is 0.650. The maximum atomic E-state index is 12.3. The summed E-state index contributed by atoms with van der Waals surface area (Å²) in [4.78, 5) is 24.5. The van der Waals surface area contributed by atoms with Crippen molar-refractivity contribution in [3.05, 3.63) is 47.5 Å². The molecule has 0 saturated heterocycles. The standard InChI is InChI=1S/C24H30N4O8S2/c1-35-21-5-3-15(13-19(21)29)11-17(27-33)23(31)25-7-9-37-38-10-8-26-24(32)18(28-34)12-16-4-6-22(36-2)20(30)14-16/h3-6,13-14,29-30,33-34H,7-12H2,1-2H3,(H,25,31)(H,26,32)/b27-17+,28-18+. The normalized spacial score (nSPS) is 11.6. The molecule has 0 aliphatic heterocycles. The number of carbonyl (C=O) groups excluding carboxylic acids is 2. The lowest BCUT2D eigenvalue weighted by Crippen LogP contribution is -2.34. The van der Waals surface area contributed by atoms with Crippen molar-refractivity contribution in [2.24, 2.45) is 10.3 Å². The van der Waals surface area contributed by atoms with E-state index in [4.69, 9.17) is 9.47 Å². The van der Waals surface area contributed by atoms with Crippen molar-refractivity contribution < 1.29 is 39.7 Å². The summed E-state index contributed by atoms with van der Waals surface area (Å²) in [7, 11) is 5.81. The minimum atomic E-state index is -0.526. The molecule has 12 nitrogen and oxygen atoms in total. The maximum absolute atomic E-state index is 12.3. The number of hydrogen-bond acceptors (Lipinski definition) is 12. The number of oxime groups is 2. The van der Waals surface area contributed by atoms with Gasteiger partial charge in [-0.25, -0.2) is 0 Å². The SMILES string of the molecule is COc1ccc(C/C(=N\O)C(=O)NCCSSCCNC(=O)/C(Cc2ccc(OC)c(O)c2)=N/O)cc1O. The number of methoxy groups -OCH3 is 2. The van der Waals surface area contributed by atoms with Crippen LogP contribution in [0.4, 0.5) is 0 Å². The number of nitrogens with zero attached hydrogens (tertiary/aromatic N) is 2. The van der Waals surface area contributed by atoms with Gasteiger partial charge < -0.3 is 40.7 Å². The highest BCUT2D eigenvalue weighted by Crippen LogP contribution is 2.27. The summed E-state index contributed by atoms with van der Waals surface area (Å²) in [6, 6.07) is 9.28. The number of benzene rings is 2. The second-order valence-corrected chi connectivity index (χ2v) is 10.3. The highest BCUT2D eigenvalue weighted by molar-refractivity contribution is 8.76. The Labute approximate surface area is 227 Å². The summed E-state index contributed by atoms with van der Waals surface area (Å²) in [6.07, 6.45) is 0.0560. The molecule has 14 heteroatoms. The van der Waals surface area contributed by atoms with Gasteiger partial charge >= 0.3 is 0 Å². The molecule has 0 unspecified atom stereocenters. The second-order valence-electron chi connectivity index (χ2n) is 7.62. The summed E-state index contributed by atoms with van der Waals surface area (Å²) in [5.74, 6) is 0.517. The van der Waals surface area contributed by atoms with E-state index < -0.39 is 11.8 Å². The number of carbonyl (C=O) groups is 2. The van der Waals surface area contributed by atoms with E-state index in [1.54, 1.807) is 24.3 Å². The van der Waals surface area contributed by atoms with Crippen LogP contribution in [0, 0.1) is 0 Å². The molecule has 0 aliphatic carbocycles. The van der Waals surface area contributed by atoms with E-state index in [1.807, 2.05) is 0 Å². The van der Waals surface area contributed by atoms with Crippen molar-refractivity contribution in [3.63, 3.8) is 0 Å². The van der Waals surface area contributed by atoms with Gasteiger partial charge in [0.05, 0.1) is 14.2 Å². The molecule has 0 atom stereocenters. The van der Waals surface area contributed by atoms with Gasteiger partial charge in [-0.15, -0.1) is 0 Å². The van der Waals surface area contributed by atoms with Crippen LogP contribution < -0.4 is 20.1 Å². The Kier molecular flexibility index (Phi) is 12.9. The van der Waals surface area contributed by atoms with Crippen LogP contribution in [0.3, 0.4) is 0 Å². The number of ether oxygens (including phenoxy) is 2. The number of nitrogens with one attached hydrogen (secondary N) is 2. The molecule has 0 fully saturated rings. The Morgan fingerprint density at radius 2 is 1.16 bits per heavy atom. The molecule has 0 saturated carbocycles. The van der Waals surface area contributed by atoms with Crippen LogP contribution in [0.5, 0.6) is 23.0 Å². The number of aromatic hydroxyl groups is 2. The molecule has 0 aliphatic rings. The third-order valence-electron chi connectivity index (χ3n) is 5.02. The van der Waals surface area contributed by atoms with Crippen LogP contribution in [0.25, 0.3) is 0 Å². The number of amides is 2. The Morgan fingerprint density at radius 3 is 1.47 bits per heavy atom. The maximum Gasteiger partial charge on any atom is 0.269 e. The van der Waals surface area contributed by atoms with E-state index in [0.717, 1.165) is 0 Å². The minimum absolute atomic E-state index is 0.0280. The summed E-state index contributed by atoms with van der Waals surface area (Å²) in [5, 5.41) is 49.6. The van der Waals surface area contributed by atoms with E-state index >= 15 is 0 Å². The predicted molar refractivity (Wildman–Crippen MR) is 146 cm³/mol. The molecular weight excluding hydrogens is 536 g/mol. The molecule has 6 N–H and O–H groups in total. The first kappa shape index (κ1) is 30.4. The molecule has 2 amide bonds. The van der Waals surface area contributed by atoms with Crippen molar-refractivity contribution in [1.82, 2.24) is 10.6 Å². The zero-order valence-electron chi connectivity index (χ0n) is 20.8. The van der Waals surface area contributed by atoms with Gasteiger partial charge in [-0.1, -0.05) is 44.0 Å². The lowest BCUT2D eigenvalue weighted by molar-refractivity contribution is -0.115. The summed E-state index contributed by atoms with van der Waals surface area (Å²) in [5.41, 5.74) is 0.965. The van der Waals surface area contributed by atoms with Crippen LogP contribution in [0.2, 0.25) is 0 Å². The molecule has 2 aromatic carbocycles. The highest BCUT2D eigenvalue weighted by Gasteiger charge is 2.15. The average molecular weight is 567 g/mol. The van der Waals surface area contributed by atoms with Gasteiger partial charge in [0.2, 0.25) is 0 Å². The van der Waals surface area contributed by atoms with Crippen LogP contribution in [-0.4, -0.2) is 82.7 Å². The highest BCUT2D eigenvalue weighted by atomic mass is 33.1. The summed E-state index contributed by atoms with van der Waals surface area (Å²) >= 11 is 0. The molecular formula is C24H30N4O8S2. The van der Waals surface area contributed by atoms with E-state index in [2.05, 4.69) is 20.9 Å². The molecule has 2 rings (SSSR count). The Bertz CT molecular complexity index is 1070. The van der Waals surface area contributed by atoms with Crippen LogP contribution in [0.1, 0.15) is 11.1 Å². The van der Waals surface area contributed by atoms with E-state index in [0.29, 0.717) is 47.2 Å². The minimum Gasteiger partial charge on any atom is -0.504 e. The second kappa shape index (κ2) is 16.1. The quantitative estimate of drug-likeness (QED) is 0.0614. The Morgan fingerprint density at radius 1 is 0.763 bits per heavy atom. The fourth-order valence-electron chi connectivity index (χ4n) is 3.13. The molecule has 0 heterocycles. The van der Waals surface area contributed by atoms with Gasteiger partial charge in [-0.3, -0.25) is 9.59 Å². The molecule has 0 spiro atoms. The van der Waals surface area contributed by atoms with Gasteiger partial charge in [0.25, 0.3) is 11.8 Å². The Hall–Kier alpha value is -3.78. The van der Waals surface area contributed by atoms with E-state index in [9.17, 15) is 30.2 Å².